The number of nitrogens with one attached hydrogen (secondary N) is 2. The summed E-state index contributed by atoms with van der Waals surface area (Å²) in [6, 6.07) is 5.90. The van der Waals surface area contributed by atoms with Gasteiger partial charge < -0.3 is 25.0 Å². The Labute approximate surface area is 167 Å². The van der Waals surface area contributed by atoms with Gasteiger partial charge in [0, 0.05) is 38.6 Å². The third-order valence-electron chi connectivity index (χ3n) is 4.56. The van der Waals surface area contributed by atoms with Crippen molar-refractivity contribution in [3.63, 3.8) is 0 Å². The highest BCUT2D eigenvalue weighted by Crippen LogP contribution is 2.28. The highest BCUT2D eigenvalue weighted by Gasteiger charge is 2.27. The fraction of sp³-hybridized carbons (Fsp3) is 0.524. The van der Waals surface area contributed by atoms with Crippen molar-refractivity contribution < 1.29 is 14.3 Å². The number of hydrogen-bond acceptors (Lipinski definition) is 4. The Morgan fingerprint density at radius 2 is 2.21 bits per heavy atom. The maximum absolute atomic E-state index is 12.1. The van der Waals surface area contributed by atoms with Gasteiger partial charge in [0.05, 0.1) is 7.11 Å². The zero-order valence-corrected chi connectivity index (χ0v) is 17.1. The largest absolute Gasteiger partial charge is 0.493 e. The molecule has 1 aromatic rings. The average Bonchev–Trinajstić information content (AvgIpc) is 3.17. The van der Waals surface area contributed by atoms with Crippen molar-refractivity contribution in [3.8, 4) is 23.8 Å². The monoisotopic (exact) mass is 386 g/mol. The van der Waals surface area contributed by atoms with E-state index < -0.39 is 0 Å². The minimum absolute atomic E-state index is 0.0251. The summed E-state index contributed by atoms with van der Waals surface area (Å²) in [5.41, 5.74) is 1.01. The number of amides is 1. The van der Waals surface area contributed by atoms with Crippen LogP contribution in [0.2, 0.25) is 0 Å². The van der Waals surface area contributed by atoms with Crippen LogP contribution >= 0.6 is 0 Å². The second-order valence-corrected chi connectivity index (χ2v) is 6.97. The Balaban J connectivity index is 1.91. The van der Waals surface area contributed by atoms with Gasteiger partial charge in [-0.15, -0.1) is 6.42 Å². The molecule has 1 atom stereocenters. The highest BCUT2D eigenvalue weighted by atomic mass is 16.5. The normalized spacial score (nSPS) is 16.6. The van der Waals surface area contributed by atoms with E-state index in [9.17, 15) is 4.79 Å². The van der Waals surface area contributed by atoms with Crippen LogP contribution in [0.15, 0.2) is 23.2 Å². The van der Waals surface area contributed by atoms with Gasteiger partial charge in [0.2, 0.25) is 5.91 Å². The topological polar surface area (TPSA) is 75.2 Å². The first-order chi connectivity index (χ1) is 13.5. The first kappa shape index (κ1) is 21.4. The lowest BCUT2D eigenvalue weighted by molar-refractivity contribution is -0.133. The summed E-state index contributed by atoms with van der Waals surface area (Å²) in [4.78, 5) is 18.3. The van der Waals surface area contributed by atoms with Crippen molar-refractivity contribution in [3.05, 3.63) is 23.8 Å². The van der Waals surface area contributed by atoms with E-state index in [1.807, 2.05) is 36.9 Å². The van der Waals surface area contributed by atoms with Crippen LogP contribution in [0.25, 0.3) is 0 Å². The van der Waals surface area contributed by atoms with Gasteiger partial charge in [-0.2, -0.15) is 0 Å². The zero-order chi connectivity index (χ0) is 20.5. The zero-order valence-electron chi connectivity index (χ0n) is 17.1. The van der Waals surface area contributed by atoms with Crippen LogP contribution in [0.1, 0.15) is 25.8 Å². The number of hydrogen-bond donors (Lipinski definition) is 2. The summed E-state index contributed by atoms with van der Waals surface area (Å²) < 4.78 is 10.8. The molecule has 1 aliphatic rings. The molecule has 1 aromatic carbocycles. The third-order valence-corrected chi connectivity index (χ3v) is 4.56. The van der Waals surface area contributed by atoms with Crippen molar-refractivity contribution in [1.82, 2.24) is 15.5 Å². The van der Waals surface area contributed by atoms with E-state index >= 15 is 0 Å². The van der Waals surface area contributed by atoms with Crippen LogP contribution in [0, 0.1) is 18.3 Å². The summed E-state index contributed by atoms with van der Waals surface area (Å²) >= 11 is 0. The lowest BCUT2D eigenvalue weighted by Gasteiger charge is -2.20. The molecule has 0 saturated carbocycles. The molecule has 0 aliphatic carbocycles. The highest BCUT2D eigenvalue weighted by molar-refractivity contribution is 5.81. The fourth-order valence-electron chi connectivity index (χ4n) is 3.08. The molecule has 2 N–H and O–H groups in total. The summed E-state index contributed by atoms with van der Waals surface area (Å²) in [7, 11) is 3.33. The van der Waals surface area contributed by atoms with E-state index in [0.29, 0.717) is 30.5 Å². The SMILES string of the molecule is C#CCOc1cc(CNC(=NC)NC2CCN(C(=O)C(C)C)C2)ccc1OC. The lowest BCUT2D eigenvalue weighted by Crippen LogP contribution is -2.45. The van der Waals surface area contributed by atoms with Gasteiger partial charge in [-0.1, -0.05) is 25.8 Å². The standard InChI is InChI=1S/C21H30N4O3/c1-6-11-28-19-12-16(7-8-18(19)27-5)13-23-21(22-4)24-17-9-10-25(14-17)20(26)15(2)3/h1,7-8,12,15,17H,9-11,13-14H2,2-5H3,(H2,22,23,24). The van der Waals surface area contributed by atoms with Crippen molar-refractivity contribution in [1.29, 1.82) is 0 Å². The number of guanidine groups is 1. The van der Waals surface area contributed by atoms with Crippen LogP contribution < -0.4 is 20.1 Å². The Bertz CT molecular complexity index is 740. The molecule has 2 rings (SSSR count). The summed E-state index contributed by atoms with van der Waals surface area (Å²) in [5.74, 6) is 4.63. The predicted molar refractivity (Wildman–Crippen MR) is 110 cm³/mol. The van der Waals surface area contributed by atoms with Crippen LogP contribution in [-0.2, 0) is 11.3 Å². The van der Waals surface area contributed by atoms with Crippen molar-refractivity contribution >= 4 is 11.9 Å². The molecule has 0 aromatic heterocycles. The molecule has 1 amide bonds. The Kier molecular flexibility index (Phi) is 8.00. The molecule has 1 saturated heterocycles. The molecule has 0 bridgehead atoms. The van der Waals surface area contributed by atoms with Crippen LogP contribution in [0.4, 0.5) is 0 Å². The maximum Gasteiger partial charge on any atom is 0.225 e. The number of likely N-dealkylation sites (tertiary alicyclic amines) is 1. The number of rotatable bonds is 7. The minimum Gasteiger partial charge on any atom is -0.493 e. The Morgan fingerprint density at radius 1 is 1.43 bits per heavy atom. The number of methoxy groups -OCH3 is 1. The predicted octanol–water partition coefficient (Wildman–Crippen LogP) is 1.63. The lowest BCUT2D eigenvalue weighted by atomic mass is 10.2. The van der Waals surface area contributed by atoms with E-state index in [0.717, 1.165) is 18.5 Å². The number of benzene rings is 1. The Morgan fingerprint density at radius 3 is 2.86 bits per heavy atom. The number of aliphatic imine (C=N–C) groups is 1. The second-order valence-electron chi connectivity index (χ2n) is 6.97. The number of carbonyl (C=O) groups excluding carboxylic acids is 1. The average molecular weight is 386 g/mol. The first-order valence-electron chi connectivity index (χ1n) is 9.47. The molecule has 1 fully saturated rings. The number of carbonyl (C=O) groups is 1. The van der Waals surface area contributed by atoms with Crippen molar-refractivity contribution in [2.45, 2.75) is 32.9 Å². The van der Waals surface area contributed by atoms with Gasteiger partial charge in [-0.25, -0.2) is 0 Å². The van der Waals surface area contributed by atoms with Gasteiger partial charge in [0.15, 0.2) is 17.5 Å². The first-order valence-corrected chi connectivity index (χ1v) is 9.47. The quantitative estimate of drug-likeness (QED) is 0.423. The smallest absolute Gasteiger partial charge is 0.225 e. The van der Waals surface area contributed by atoms with Gasteiger partial charge in [-0.3, -0.25) is 9.79 Å². The summed E-state index contributed by atoms with van der Waals surface area (Å²) in [5, 5.41) is 6.69. The van der Waals surface area contributed by atoms with E-state index in [1.54, 1.807) is 14.2 Å². The van der Waals surface area contributed by atoms with Gasteiger partial charge >= 0.3 is 0 Å². The molecule has 152 valence electrons. The molecular weight excluding hydrogens is 356 g/mol. The fourth-order valence-corrected chi connectivity index (χ4v) is 3.08. The van der Waals surface area contributed by atoms with E-state index in [4.69, 9.17) is 15.9 Å². The number of nitrogens with zero attached hydrogens (tertiary/aromatic N) is 2. The van der Waals surface area contributed by atoms with Crippen LogP contribution in [0.3, 0.4) is 0 Å². The number of ether oxygens (including phenoxy) is 2. The van der Waals surface area contributed by atoms with Crippen LogP contribution in [-0.4, -0.2) is 56.7 Å². The third kappa shape index (κ3) is 5.81. The van der Waals surface area contributed by atoms with E-state index in [1.165, 1.54) is 0 Å². The molecule has 1 unspecified atom stereocenters. The molecular formula is C21H30N4O3. The number of terminal acetylenes is 1. The van der Waals surface area contributed by atoms with Gasteiger partial charge in [-0.05, 0) is 24.1 Å². The van der Waals surface area contributed by atoms with E-state index in [2.05, 4.69) is 21.5 Å². The minimum atomic E-state index is 0.0251. The van der Waals surface area contributed by atoms with Crippen molar-refractivity contribution in [2.24, 2.45) is 10.9 Å². The molecule has 1 heterocycles. The van der Waals surface area contributed by atoms with Gasteiger partial charge in [0.25, 0.3) is 0 Å². The molecule has 1 aliphatic heterocycles. The van der Waals surface area contributed by atoms with Gasteiger partial charge in [0.1, 0.15) is 6.61 Å². The Hall–Kier alpha value is -2.88. The molecule has 7 nitrogen and oxygen atoms in total. The molecule has 0 spiro atoms. The second kappa shape index (κ2) is 10.5. The summed E-state index contributed by atoms with van der Waals surface area (Å²) in [6.07, 6.45) is 6.18. The molecule has 28 heavy (non-hydrogen) atoms. The summed E-state index contributed by atoms with van der Waals surface area (Å²) in [6.45, 7) is 6.09. The maximum atomic E-state index is 12.1. The van der Waals surface area contributed by atoms with E-state index in [-0.39, 0.29) is 24.5 Å². The van der Waals surface area contributed by atoms with Crippen LogP contribution in [0.5, 0.6) is 11.5 Å². The van der Waals surface area contributed by atoms with Crippen molar-refractivity contribution in [2.75, 3.05) is 33.9 Å². The molecule has 7 heteroatoms. The molecule has 0 radical (unpaired) electrons.